The van der Waals surface area contributed by atoms with Gasteiger partial charge in [0.2, 0.25) is 5.60 Å². The standard InChI is InChI=1S/C9H13F5O/c1-5-3-7(15,9(12,13)14)8(10,11)4-6(5)2/h5-6,15H,3-4H2,1-2H3. The summed E-state index contributed by atoms with van der Waals surface area (Å²) in [5.74, 6) is -5.20. The van der Waals surface area contributed by atoms with Crippen molar-refractivity contribution < 1.29 is 27.1 Å². The molecule has 1 fully saturated rings. The van der Waals surface area contributed by atoms with Crippen LogP contribution in [0.15, 0.2) is 0 Å². The summed E-state index contributed by atoms with van der Waals surface area (Å²) in [6, 6.07) is 0. The van der Waals surface area contributed by atoms with E-state index in [-0.39, 0.29) is 0 Å². The maximum atomic E-state index is 13.2. The average molecular weight is 232 g/mol. The lowest BCUT2D eigenvalue weighted by Gasteiger charge is -2.45. The molecule has 0 bridgehead atoms. The summed E-state index contributed by atoms with van der Waals surface area (Å²) in [5.41, 5.74) is -3.87. The fourth-order valence-electron chi connectivity index (χ4n) is 1.91. The van der Waals surface area contributed by atoms with E-state index in [1.54, 1.807) is 0 Å². The normalized spacial score (nSPS) is 41.6. The second-order valence-electron chi connectivity index (χ2n) is 4.43. The van der Waals surface area contributed by atoms with Crippen LogP contribution in [0.3, 0.4) is 0 Å². The maximum absolute atomic E-state index is 13.2. The van der Waals surface area contributed by atoms with Crippen molar-refractivity contribution in [3.8, 4) is 0 Å². The van der Waals surface area contributed by atoms with Gasteiger partial charge in [-0.25, -0.2) is 8.78 Å². The Morgan fingerprint density at radius 3 is 1.87 bits per heavy atom. The predicted octanol–water partition coefficient (Wildman–Crippen LogP) is 2.98. The quantitative estimate of drug-likeness (QED) is 0.636. The van der Waals surface area contributed by atoms with Crippen LogP contribution in [0.2, 0.25) is 0 Å². The summed E-state index contributed by atoms with van der Waals surface area (Å²) in [7, 11) is 0. The molecule has 0 aromatic heterocycles. The first kappa shape index (κ1) is 12.7. The van der Waals surface area contributed by atoms with Crippen LogP contribution in [0.25, 0.3) is 0 Å². The third kappa shape index (κ3) is 1.84. The van der Waals surface area contributed by atoms with E-state index in [1.165, 1.54) is 13.8 Å². The summed E-state index contributed by atoms with van der Waals surface area (Å²) >= 11 is 0. The van der Waals surface area contributed by atoms with E-state index < -0.39 is 42.4 Å². The molecular weight excluding hydrogens is 219 g/mol. The highest BCUT2D eigenvalue weighted by Gasteiger charge is 2.70. The summed E-state index contributed by atoms with van der Waals surface area (Å²) in [5, 5.41) is 9.15. The summed E-state index contributed by atoms with van der Waals surface area (Å²) in [6.07, 6.45) is -7.15. The van der Waals surface area contributed by atoms with E-state index >= 15 is 0 Å². The largest absolute Gasteiger partial charge is 0.423 e. The van der Waals surface area contributed by atoms with E-state index in [0.717, 1.165) is 0 Å². The van der Waals surface area contributed by atoms with Crippen molar-refractivity contribution in [2.24, 2.45) is 11.8 Å². The molecule has 0 aromatic carbocycles. The molecule has 1 saturated carbocycles. The van der Waals surface area contributed by atoms with Gasteiger partial charge in [0.05, 0.1) is 0 Å². The molecule has 0 radical (unpaired) electrons. The molecule has 15 heavy (non-hydrogen) atoms. The topological polar surface area (TPSA) is 20.2 Å². The van der Waals surface area contributed by atoms with Gasteiger partial charge in [0.1, 0.15) is 0 Å². The Balaban J connectivity index is 3.07. The highest BCUT2D eigenvalue weighted by molar-refractivity contribution is 5.04. The van der Waals surface area contributed by atoms with Crippen LogP contribution in [0.1, 0.15) is 26.7 Å². The molecule has 0 aliphatic heterocycles. The fourth-order valence-corrected chi connectivity index (χ4v) is 1.91. The Kier molecular flexibility index (Phi) is 2.79. The number of halogens is 5. The van der Waals surface area contributed by atoms with Crippen LogP contribution in [0.5, 0.6) is 0 Å². The minimum atomic E-state index is -5.29. The molecule has 1 rings (SSSR count). The second-order valence-corrected chi connectivity index (χ2v) is 4.43. The van der Waals surface area contributed by atoms with Gasteiger partial charge >= 0.3 is 6.18 Å². The van der Waals surface area contributed by atoms with Crippen molar-refractivity contribution in [3.05, 3.63) is 0 Å². The molecule has 1 nitrogen and oxygen atoms in total. The lowest BCUT2D eigenvalue weighted by atomic mass is 9.70. The highest BCUT2D eigenvalue weighted by Crippen LogP contribution is 2.53. The van der Waals surface area contributed by atoms with Crippen molar-refractivity contribution in [2.75, 3.05) is 0 Å². The summed E-state index contributed by atoms with van der Waals surface area (Å²) in [6.45, 7) is 2.91. The van der Waals surface area contributed by atoms with Crippen LogP contribution in [0.4, 0.5) is 22.0 Å². The molecule has 3 atom stereocenters. The van der Waals surface area contributed by atoms with Gasteiger partial charge in [0, 0.05) is 6.42 Å². The third-order valence-corrected chi connectivity index (χ3v) is 3.24. The molecule has 1 aliphatic carbocycles. The number of aliphatic hydroxyl groups is 1. The molecular formula is C9H13F5O. The maximum Gasteiger partial charge on any atom is 0.423 e. The zero-order valence-corrected chi connectivity index (χ0v) is 8.41. The van der Waals surface area contributed by atoms with E-state index in [1.807, 2.05) is 0 Å². The van der Waals surface area contributed by atoms with Gasteiger partial charge in [0.25, 0.3) is 5.92 Å². The van der Waals surface area contributed by atoms with E-state index in [2.05, 4.69) is 0 Å². The zero-order valence-electron chi connectivity index (χ0n) is 8.41. The molecule has 90 valence electrons. The number of rotatable bonds is 0. The lowest BCUT2D eigenvalue weighted by molar-refractivity contribution is -0.351. The first-order chi connectivity index (χ1) is 6.51. The van der Waals surface area contributed by atoms with Crippen molar-refractivity contribution in [3.63, 3.8) is 0 Å². The first-order valence-corrected chi connectivity index (χ1v) is 4.68. The molecule has 0 aromatic rings. The van der Waals surface area contributed by atoms with Gasteiger partial charge in [-0.15, -0.1) is 0 Å². The Hall–Kier alpha value is -0.390. The molecule has 0 amide bonds. The Morgan fingerprint density at radius 1 is 1.07 bits per heavy atom. The second kappa shape index (κ2) is 3.30. The van der Waals surface area contributed by atoms with Crippen LogP contribution >= 0.6 is 0 Å². The van der Waals surface area contributed by atoms with Crippen molar-refractivity contribution in [1.29, 1.82) is 0 Å². The van der Waals surface area contributed by atoms with Gasteiger partial charge in [-0.2, -0.15) is 13.2 Å². The Labute approximate surface area is 84.3 Å². The molecule has 6 heteroatoms. The van der Waals surface area contributed by atoms with Crippen molar-refractivity contribution >= 4 is 0 Å². The minimum absolute atomic E-state index is 0.525. The third-order valence-electron chi connectivity index (χ3n) is 3.24. The number of alkyl halides is 5. The molecule has 3 unspecified atom stereocenters. The molecule has 1 aliphatic rings. The summed E-state index contributed by atoms with van der Waals surface area (Å²) in [4.78, 5) is 0. The van der Waals surface area contributed by atoms with Gasteiger partial charge in [-0.1, -0.05) is 13.8 Å². The number of hydrogen-bond acceptors (Lipinski definition) is 1. The fraction of sp³-hybridized carbons (Fsp3) is 1.00. The monoisotopic (exact) mass is 232 g/mol. The van der Waals surface area contributed by atoms with Crippen LogP contribution in [-0.4, -0.2) is 22.8 Å². The smallest absolute Gasteiger partial charge is 0.376 e. The zero-order chi connectivity index (χ0) is 12.1. The molecule has 1 N–H and O–H groups in total. The first-order valence-electron chi connectivity index (χ1n) is 4.68. The summed E-state index contributed by atoms with van der Waals surface area (Å²) < 4.78 is 63.6. The van der Waals surface area contributed by atoms with Crippen molar-refractivity contribution in [2.45, 2.75) is 44.4 Å². The van der Waals surface area contributed by atoms with Gasteiger partial charge in [-0.05, 0) is 18.3 Å². The van der Waals surface area contributed by atoms with Gasteiger partial charge in [0.15, 0.2) is 0 Å². The van der Waals surface area contributed by atoms with E-state index in [9.17, 15) is 22.0 Å². The average Bonchev–Trinajstić information content (AvgIpc) is 1.98. The molecule has 0 saturated heterocycles. The predicted molar refractivity (Wildman–Crippen MR) is 43.5 cm³/mol. The minimum Gasteiger partial charge on any atom is -0.376 e. The van der Waals surface area contributed by atoms with Crippen LogP contribution in [0, 0.1) is 11.8 Å². The van der Waals surface area contributed by atoms with Gasteiger partial charge in [-0.3, -0.25) is 0 Å². The lowest BCUT2D eigenvalue weighted by Crippen LogP contribution is -2.62. The molecule has 0 spiro atoms. The van der Waals surface area contributed by atoms with E-state index in [4.69, 9.17) is 5.11 Å². The van der Waals surface area contributed by atoms with Crippen LogP contribution in [-0.2, 0) is 0 Å². The van der Waals surface area contributed by atoms with Crippen LogP contribution < -0.4 is 0 Å². The van der Waals surface area contributed by atoms with Crippen molar-refractivity contribution in [1.82, 2.24) is 0 Å². The Bertz CT molecular complexity index is 249. The van der Waals surface area contributed by atoms with E-state index in [0.29, 0.717) is 0 Å². The molecule has 0 heterocycles. The SMILES string of the molecule is CC1CC(F)(F)C(O)(C(F)(F)F)CC1C. The highest BCUT2D eigenvalue weighted by atomic mass is 19.4. The Morgan fingerprint density at radius 2 is 1.47 bits per heavy atom. The number of hydrogen-bond donors (Lipinski definition) is 1. The van der Waals surface area contributed by atoms with Gasteiger partial charge < -0.3 is 5.11 Å².